The predicted molar refractivity (Wildman–Crippen MR) is 78.8 cm³/mol. The molecule has 0 atom stereocenters. The van der Waals surface area contributed by atoms with Crippen LogP contribution in [0.3, 0.4) is 0 Å². The van der Waals surface area contributed by atoms with Crippen molar-refractivity contribution in [2.24, 2.45) is 5.92 Å². The maximum Gasteiger partial charge on any atom is 0.261 e. The zero-order valence-corrected chi connectivity index (χ0v) is 11.5. The van der Waals surface area contributed by atoms with Crippen LogP contribution < -0.4 is 10.9 Å². The number of nitrogens with one attached hydrogen (secondary N) is 1. The van der Waals surface area contributed by atoms with Gasteiger partial charge in [0.05, 0.1) is 17.2 Å². The molecule has 5 heteroatoms. The number of aromatic nitrogens is 2. The molecule has 1 aliphatic heterocycles. The summed E-state index contributed by atoms with van der Waals surface area (Å²) >= 11 is 0. The van der Waals surface area contributed by atoms with Crippen LogP contribution in [0.15, 0.2) is 35.4 Å². The molecule has 1 aromatic carbocycles. The molecular weight excluding hydrogens is 262 g/mol. The van der Waals surface area contributed by atoms with Crippen LogP contribution >= 0.6 is 12.4 Å². The molecule has 1 N–H and O–H groups in total. The highest BCUT2D eigenvalue weighted by atomic mass is 35.5. The lowest BCUT2D eigenvalue weighted by molar-refractivity contribution is 0.329. The van der Waals surface area contributed by atoms with Crippen molar-refractivity contribution in [3.05, 3.63) is 40.9 Å². The fraction of sp³-hybridized carbons (Fsp3) is 0.429. The molecule has 0 saturated carbocycles. The average molecular weight is 280 g/mol. The fourth-order valence-electron chi connectivity index (χ4n) is 2.58. The number of piperidine rings is 1. The van der Waals surface area contributed by atoms with E-state index < -0.39 is 0 Å². The van der Waals surface area contributed by atoms with Gasteiger partial charge in [0, 0.05) is 6.54 Å². The molecular formula is C14H18ClN3O. The van der Waals surface area contributed by atoms with Gasteiger partial charge < -0.3 is 5.32 Å². The first-order valence-corrected chi connectivity index (χ1v) is 6.49. The lowest BCUT2D eigenvalue weighted by atomic mass is 9.98. The zero-order chi connectivity index (χ0) is 12.4. The molecule has 0 radical (unpaired) electrons. The minimum absolute atomic E-state index is 0. The number of para-hydroxylation sites is 1. The summed E-state index contributed by atoms with van der Waals surface area (Å²) in [5.74, 6) is 0.590. The Kier molecular flexibility index (Phi) is 4.56. The molecule has 1 saturated heterocycles. The number of hydrogen-bond acceptors (Lipinski definition) is 3. The second-order valence-corrected chi connectivity index (χ2v) is 4.91. The maximum absolute atomic E-state index is 12.3. The van der Waals surface area contributed by atoms with Crippen molar-refractivity contribution < 1.29 is 0 Å². The van der Waals surface area contributed by atoms with E-state index in [0.29, 0.717) is 11.3 Å². The SMILES string of the molecule is Cl.O=c1c2ccccc2ncn1CC1CCNCC1. The number of rotatable bonds is 2. The van der Waals surface area contributed by atoms with Crippen LogP contribution in [0.1, 0.15) is 12.8 Å². The van der Waals surface area contributed by atoms with Crippen LogP contribution in [0.4, 0.5) is 0 Å². The van der Waals surface area contributed by atoms with Gasteiger partial charge in [0.2, 0.25) is 0 Å². The Balaban J connectivity index is 0.00000133. The lowest BCUT2D eigenvalue weighted by Crippen LogP contribution is -2.32. The summed E-state index contributed by atoms with van der Waals surface area (Å²) in [7, 11) is 0. The Bertz CT molecular complexity index is 605. The van der Waals surface area contributed by atoms with Crippen LogP contribution in [0.5, 0.6) is 0 Å². The van der Waals surface area contributed by atoms with Crippen molar-refractivity contribution in [3.8, 4) is 0 Å². The second kappa shape index (κ2) is 6.17. The van der Waals surface area contributed by atoms with Gasteiger partial charge >= 0.3 is 0 Å². The van der Waals surface area contributed by atoms with E-state index in [0.717, 1.165) is 38.0 Å². The van der Waals surface area contributed by atoms with Crippen LogP contribution in [-0.4, -0.2) is 22.6 Å². The summed E-state index contributed by atoms with van der Waals surface area (Å²) in [6.45, 7) is 2.90. The molecule has 0 aliphatic carbocycles. The first kappa shape index (κ1) is 14.0. The molecule has 2 aromatic rings. The number of hydrogen-bond donors (Lipinski definition) is 1. The Morgan fingerprint density at radius 1 is 1.26 bits per heavy atom. The molecule has 1 aromatic heterocycles. The van der Waals surface area contributed by atoms with Crippen molar-refractivity contribution in [2.45, 2.75) is 19.4 Å². The van der Waals surface area contributed by atoms with Gasteiger partial charge in [-0.25, -0.2) is 4.98 Å². The average Bonchev–Trinajstić information content (AvgIpc) is 2.43. The molecule has 3 rings (SSSR count). The van der Waals surface area contributed by atoms with E-state index in [1.54, 1.807) is 10.9 Å². The van der Waals surface area contributed by atoms with Crippen LogP contribution in [0.2, 0.25) is 0 Å². The first-order chi connectivity index (χ1) is 8.84. The largest absolute Gasteiger partial charge is 0.317 e. The van der Waals surface area contributed by atoms with Gasteiger partial charge in [-0.1, -0.05) is 12.1 Å². The molecule has 1 aliphatic rings. The topological polar surface area (TPSA) is 46.9 Å². The first-order valence-electron chi connectivity index (χ1n) is 6.49. The monoisotopic (exact) mass is 279 g/mol. The summed E-state index contributed by atoms with van der Waals surface area (Å²) in [6.07, 6.45) is 3.96. The van der Waals surface area contributed by atoms with Gasteiger partial charge in [-0.2, -0.15) is 0 Å². The normalized spacial score (nSPS) is 16.2. The Hall–Kier alpha value is -1.39. The molecule has 0 amide bonds. The number of nitrogens with zero attached hydrogens (tertiary/aromatic N) is 2. The third kappa shape index (κ3) is 2.96. The Morgan fingerprint density at radius 3 is 2.79 bits per heavy atom. The smallest absolute Gasteiger partial charge is 0.261 e. The van der Waals surface area contributed by atoms with E-state index in [1.807, 2.05) is 24.3 Å². The quantitative estimate of drug-likeness (QED) is 0.912. The number of halogens is 1. The molecule has 102 valence electrons. The summed E-state index contributed by atoms with van der Waals surface area (Å²) in [5, 5.41) is 4.06. The van der Waals surface area contributed by atoms with Gasteiger partial charge in [0.25, 0.3) is 5.56 Å². The predicted octanol–water partition coefficient (Wildman–Crippen LogP) is 1.82. The van der Waals surface area contributed by atoms with Crippen molar-refractivity contribution in [1.29, 1.82) is 0 Å². The van der Waals surface area contributed by atoms with Crippen LogP contribution in [0, 0.1) is 5.92 Å². The third-order valence-corrected chi connectivity index (χ3v) is 3.65. The highest BCUT2D eigenvalue weighted by Gasteiger charge is 2.14. The highest BCUT2D eigenvalue weighted by molar-refractivity contribution is 5.85. The molecule has 1 fully saturated rings. The number of benzene rings is 1. The van der Waals surface area contributed by atoms with Gasteiger partial charge in [-0.15, -0.1) is 12.4 Å². The summed E-state index contributed by atoms with van der Waals surface area (Å²) < 4.78 is 1.76. The van der Waals surface area contributed by atoms with E-state index in [2.05, 4.69) is 10.3 Å². The van der Waals surface area contributed by atoms with Crippen LogP contribution in [-0.2, 0) is 6.54 Å². The molecule has 2 heterocycles. The standard InChI is InChI=1S/C14H17N3O.ClH/c18-14-12-3-1-2-4-13(12)16-10-17(14)9-11-5-7-15-8-6-11;/h1-4,10-11,15H,5-9H2;1H. The summed E-state index contributed by atoms with van der Waals surface area (Å²) in [4.78, 5) is 16.7. The van der Waals surface area contributed by atoms with E-state index in [1.165, 1.54) is 0 Å². The van der Waals surface area contributed by atoms with Crippen molar-refractivity contribution >= 4 is 23.3 Å². The minimum Gasteiger partial charge on any atom is -0.317 e. The molecule has 19 heavy (non-hydrogen) atoms. The van der Waals surface area contributed by atoms with Crippen molar-refractivity contribution in [3.63, 3.8) is 0 Å². The Morgan fingerprint density at radius 2 is 2.00 bits per heavy atom. The Labute approximate surface area is 118 Å². The lowest BCUT2D eigenvalue weighted by Gasteiger charge is -2.23. The van der Waals surface area contributed by atoms with Crippen molar-refractivity contribution in [1.82, 2.24) is 14.9 Å². The third-order valence-electron chi connectivity index (χ3n) is 3.65. The maximum atomic E-state index is 12.3. The summed E-state index contributed by atoms with van der Waals surface area (Å²) in [6, 6.07) is 7.53. The fourth-order valence-corrected chi connectivity index (χ4v) is 2.58. The summed E-state index contributed by atoms with van der Waals surface area (Å²) in [5.41, 5.74) is 0.864. The minimum atomic E-state index is 0. The number of fused-ring (bicyclic) bond motifs is 1. The zero-order valence-electron chi connectivity index (χ0n) is 10.7. The highest BCUT2D eigenvalue weighted by Crippen LogP contribution is 2.13. The van der Waals surface area contributed by atoms with Gasteiger partial charge in [0.15, 0.2) is 0 Å². The molecule has 0 spiro atoms. The van der Waals surface area contributed by atoms with Crippen LogP contribution in [0.25, 0.3) is 10.9 Å². The van der Waals surface area contributed by atoms with E-state index in [-0.39, 0.29) is 18.0 Å². The molecule has 0 unspecified atom stereocenters. The molecule has 4 nitrogen and oxygen atoms in total. The second-order valence-electron chi connectivity index (χ2n) is 4.91. The van der Waals surface area contributed by atoms with Gasteiger partial charge in [-0.05, 0) is 44.0 Å². The molecule has 0 bridgehead atoms. The van der Waals surface area contributed by atoms with Gasteiger partial charge in [0.1, 0.15) is 0 Å². The van der Waals surface area contributed by atoms with Crippen molar-refractivity contribution in [2.75, 3.05) is 13.1 Å². The van der Waals surface area contributed by atoms with Gasteiger partial charge in [-0.3, -0.25) is 9.36 Å². The van der Waals surface area contributed by atoms with E-state index in [4.69, 9.17) is 0 Å². The van der Waals surface area contributed by atoms with E-state index in [9.17, 15) is 4.79 Å². The van der Waals surface area contributed by atoms with E-state index >= 15 is 0 Å².